The zero-order valence-corrected chi connectivity index (χ0v) is 17.7. The molecule has 1 heterocycles. The van der Waals surface area contributed by atoms with E-state index in [-0.39, 0.29) is 18.3 Å². The lowest BCUT2D eigenvalue weighted by Gasteiger charge is -2.17. The summed E-state index contributed by atoms with van der Waals surface area (Å²) >= 11 is 0. The second kappa shape index (κ2) is 9.34. The van der Waals surface area contributed by atoms with Gasteiger partial charge in [-0.1, -0.05) is 45.0 Å². The number of hydrogen-bond donors (Lipinski definition) is 1. The number of nitrogens with zero attached hydrogens (tertiary/aromatic N) is 1. The van der Waals surface area contributed by atoms with Crippen molar-refractivity contribution < 1.29 is 19.1 Å². The molecule has 6 nitrogen and oxygen atoms in total. The van der Waals surface area contributed by atoms with Crippen LogP contribution in [0.1, 0.15) is 36.8 Å². The number of carbonyl (C=O) groups is 3. The third-order valence-corrected chi connectivity index (χ3v) is 4.50. The fraction of sp³-hybridized carbons (Fsp3) is 0.200. The largest absolute Gasteiger partial charge is 0.454 e. The van der Waals surface area contributed by atoms with E-state index in [0.717, 1.165) is 10.9 Å². The maximum atomic E-state index is 12.3. The van der Waals surface area contributed by atoms with Crippen LogP contribution in [0.15, 0.2) is 66.7 Å². The van der Waals surface area contributed by atoms with Gasteiger partial charge in [-0.2, -0.15) is 0 Å². The molecule has 2 aromatic carbocycles. The maximum absolute atomic E-state index is 12.3. The number of amides is 1. The van der Waals surface area contributed by atoms with E-state index >= 15 is 0 Å². The molecule has 0 radical (unpaired) electrons. The van der Waals surface area contributed by atoms with Crippen molar-refractivity contribution in [2.24, 2.45) is 5.41 Å². The van der Waals surface area contributed by atoms with E-state index in [2.05, 4.69) is 10.3 Å². The second-order valence-corrected chi connectivity index (χ2v) is 8.07. The summed E-state index contributed by atoms with van der Waals surface area (Å²) in [6, 6.07) is 17.9. The Hall–Kier alpha value is -3.80. The molecule has 1 aromatic heterocycles. The predicted molar refractivity (Wildman–Crippen MR) is 121 cm³/mol. The smallest absolute Gasteiger partial charge is 0.331 e. The Morgan fingerprint density at radius 3 is 2.39 bits per heavy atom. The number of rotatable bonds is 6. The number of para-hydroxylation sites is 1. The molecule has 0 saturated carbocycles. The number of pyridine rings is 1. The highest BCUT2D eigenvalue weighted by Gasteiger charge is 2.21. The van der Waals surface area contributed by atoms with Crippen LogP contribution >= 0.6 is 0 Å². The van der Waals surface area contributed by atoms with Gasteiger partial charge in [0.1, 0.15) is 0 Å². The van der Waals surface area contributed by atoms with Gasteiger partial charge in [-0.25, -0.2) is 9.78 Å². The molecule has 0 aliphatic rings. The van der Waals surface area contributed by atoms with Crippen molar-refractivity contribution in [2.75, 3.05) is 11.9 Å². The van der Waals surface area contributed by atoms with Crippen LogP contribution in [0.4, 0.5) is 5.69 Å². The number of hydrogen-bond acceptors (Lipinski definition) is 5. The van der Waals surface area contributed by atoms with Crippen molar-refractivity contribution in [3.8, 4) is 0 Å². The van der Waals surface area contributed by atoms with Gasteiger partial charge in [-0.3, -0.25) is 9.59 Å². The van der Waals surface area contributed by atoms with Gasteiger partial charge in [-0.05, 0) is 42.5 Å². The number of carbonyl (C=O) groups excluding carboxylic acids is 3. The van der Waals surface area contributed by atoms with Gasteiger partial charge < -0.3 is 10.1 Å². The molecule has 31 heavy (non-hydrogen) atoms. The molecule has 0 bridgehead atoms. The first kappa shape index (κ1) is 21.9. The van der Waals surface area contributed by atoms with E-state index < -0.39 is 11.4 Å². The Bertz CT molecular complexity index is 1140. The first-order valence-electron chi connectivity index (χ1n) is 9.88. The summed E-state index contributed by atoms with van der Waals surface area (Å²) < 4.78 is 5.03. The molecule has 0 atom stereocenters. The number of aromatic nitrogens is 1. The Labute approximate surface area is 180 Å². The second-order valence-electron chi connectivity index (χ2n) is 8.07. The van der Waals surface area contributed by atoms with Crippen LogP contribution in [-0.2, 0) is 14.3 Å². The minimum atomic E-state index is -0.627. The van der Waals surface area contributed by atoms with Gasteiger partial charge in [0, 0.05) is 28.1 Å². The molecular weight excluding hydrogens is 392 g/mol. The topological polar surface area (TPSA) is 85.4 Å². The van der Waals surface area contributed by atoms with Crippen LogP contribution in [0.2, 0.25) is 0 Å². The average Bonchev–Trinajstić information content (AvgIpc) is 2.75. The Kier molecular flexibility index (Phi) is 6.60. The lowest BCUT2D eigenvalue weighted by atomic mass is 9.95. The maximum Gasteiger partial charge on any atom is 0.331 e. The summed E-state index contributed by atoms with van der Waals surface area (Å²) in [5, 5.41) is 3.80. The number of esters is 1. The highest BCUT2D eigenvalue weighted by Crippen LogP contribution is 2.18. The molecule has 1 amide bonds. The molecule has 3 rings (SSSR count). The molecule has 6 heteroatoms. The average molecular weight is 416 g/mol. The number of nitrogens with one attached hydrogen (secondary N) is 1. The zero-order chi connectivity index (χ0) is 22.4. The summed E-state index contributed by atoms with van der Waals surface area (Å²) in [6.07, 6.45) is 2.79. The number of ketones is 1. The molecular formula is C25H24N2O4. The quantitative estimate of drug-likeness (QED) is 0.359. The number of benzene rings is 2. The normalized spacial score (nSPS) is 11.5. The van der Waals surface area contributed by atoms with Crippen LogP contribution in [0.3, 0.4) is 0 Å². The first-order valence-corrected chi connectivity index (χ1v) is 9.88. The molecule has 0 aliphatic heterocycles. The van der Waals surface area contributed by atoms with Crippen LogP contribution in [0, 0.1) is 5.41 Å². The van der Waals surface area contributed by atoms with Gasteiger partial charge in [0.15, 0.2) is 12.4 Å². The summed E-state index contributed by atoms with van der Waals surface area (Å²) in [5.41, 5.74) is 1.92. The predicted octanol–water partition coefficient (Wildman–Crippen LogP) is 4.66. The van der Waals surface area contributed by atoms with Gasteiger partial charge in [0.2, 0.25) is 5.91 Å². The number of anilines is 1. The van der Waals surface area contributed by atoms with Gasteiger partial charge in [0.05, 0.1) is 11.2 Å². The van der Waals surface area contributed by atoms with E-state index in [0.29, 0.717) is 16.9 Å². The van der Waals surface area contributed by atoms with Gasteiger partial charge >= 0.3 is 5.97 Å². The molecule has 0 aliphatic carbocycles. The monoisotopic (exact) mass is 416 g/mol. The van der Waals surface area contributed by atoms with E-state index in [1.54, 1.807) is 36.4 Å². The standard InChI is InChI=1S/C25H24N2O4/c1-25(2,3)24(30)27-20-12-9-18(10-13-20)22(28)16-31-23(29)15-14-19-11-8-17-6-4-5-7-21(17)26-19/h4-15H,16H2,1-3H3,(H,27,30)/b15-14+. The van der Waals surface area contributed by atoms with Crippen molar-refractivity contribution in [3.63, 3.8) is 0 Å². The summed E-state index contributed by atoms with van der Waals surface area (Å²) in [7, 11) is 0. The van der Waals surface area contributed by atoms with Gasteiger partial charge in [-0.15, -0.1) is 0 Å². The third kappa shape index (κ3) is 6.09. The highest BCUT2D eigenvalue weighted by atomic mass is 16.5. The van der Waals surface area contributed by atoms with Gasteiger partial charge in [0.25, 0.3) is 0 Å². The first-order chi connectivity index (χ1) is 14.7. The molecule has 3 aromatic rings. The van der Waals surface area contributed by atoms with E-state index in [4.69, 9.17) is 4.74 Å². The SMILES string of the molecule is CC(C)(C)C(=O)Nc1ccc(C(=O)COC(=O)/C=C/c2ccc3ccccc3n2)cc1. The fourth-order valence-electron chi connectivity index (χ4n) is 2.65. The van der Waals surface area contributed by atoms with Crippen molar-refractivity contribution in [3.05, 3.63) is 78.0 Å². The molecule has 158 valence electrons. The molecule has 0 saturated heterocycles. The van der Waals surface area contributed by atoms with Crippen molar-refractivity contribution in [2.45, 2.75) is 20.8 Å². The fourth-order valence-corrected chi connectivity index (χ4v) is 2.65. The minimum Gasteiger partial charge on any atom is -0.454 e. The number of fused-ring (bicyclic) bond motifs is 1. The summed E-state index contributed by atoms with van der Waals surface area (Å²) in [4.78, 5) is 40.7. The number of ether oxygens (including phenoxy) is 1. The third-order valence-electron chi connectivity index (χ3n) is 4.50. The molecule has 0 spiro atoms. The van der Waals surface area contributed by atoms with Crippen LogP contribution in [0.5, 0.6) is 0 Å². The minimum absolute atomic E-state index is 0.117. The van der Waals surface area contributed by atoms with Crippen molar-refractivity contribution in [1.29, 1.82) is 0 Å². The van der Waals surface area contributed by atoms with E-state index in [9.17, 15) is 14.4 Å². The van der Waals surface area contributed by atoms with Crippen molar-refractivity contribution >= 4 is 40.3 Å². The Balaban J connectivity index is 1.53. The van der Waals surface area contributed by atoms with Crippen LogP contribution in [0.25, 0.3) is 17.0 Å². The molecule has 0 unspecified atom stereocenters. The van der Waals surface area contributed by atoms with Crippen LogP contribution < -0.4 is 5.32 Å². The lowest BCUT2D eigenvalue weighted by Crippen LogP contribution is -2.27. The van der Waals surface area contributed by atoms with Crippen molar-refractivity contribution in [1.82, 2.24) is 4.98 Å². The number of Topliss-reactive ketones (excluding diaryl/α,β-unsaturated/α-hetero) is 1. The Morgan fingerprint density at radius 1 is 0.968 bits per heavy atom. The highest BCUT2D eigenvalue weighted by molar-refractivity contribution is 6.00. The lowest BCUT2D eigenvalue weighted by molar-refractivity contribution is -0.136. The summed E-state index contributed by atoms with van der Waals surface area (Å²) in [5.74, 6) is -1.08. The zero-order valence-electron chi connectivity index (χ0n) is 17.7. The van der Waals surface area contributed by atoms with Crippen LogP contribution in [-0.4, -0.2) is 29.3 Å². The van der Waals surface area contributed by atoms with E-state index in [1.807, 2.05) is 51.1 Å². The van der Waals surface area contributed by atoms with E-state index in [1.165, 1.54) is 6.08 Å². The Morgan fingerprint density at radius 2 is 1.68 bits per heavy atom. The molecule has 1 N–H and O–H groups in total. The summed E-state index contributed by atoms with van der Waals surface area (Å²) in [6.45, 7) is 5.08. The molecule has 0 fully saturated rings.